The lowest BCUT2D eigenvalue weighted by atomic mass is 10.1. The predicted octanol–water partition coefficient (Wildman–Crippen LogP) is 1.27. The fourth-order valence-electron chi connectivity index (χ4n) is 2.27. The van der Waals surface area contributed by atoms with Crippen LogP contribution in [0.1, 0.15) is 26.7 Å². The number of hydrogen-bond acceptors (Lipinski definition) is 6. The van der Waals surface area contributed by atoms with E-state index in [0.29, 0.717) is 18.1 Å². The SMILES string of the molecule is CCCNc1ncnc(N2CCC(C)(O)C2)c1OC. The van der Waals surface area contributed by atoms with Crippen molar-refractivity contribution in [3.63, 3.8) is 0 Å². The Morgan fingerprint density at radius 2 is 2.32 bits per heavy atom. The number of methoxy groups -OCH3 is 1. The molecule has 19 heavy (non-hydrogen) atoms. The molecule has 2 N–H and O–H groups in total. The van der Waals surface area contributed by atoms with Crippen LogP contribution in [-0.4, -0.2) is 47.4 Å². The van der Waals surface area contributed by atoms with E-state index in [1.807, 2.05) is 11.8 Å². The van der Waals surface area contributed by atoms with Crippen LogP contribution in [0.25, 0.3) is 0 Å². The van der Waals surface area contributed by atoms with Crippen molar-refractivity contribution in [1.82, 2.24) is 9.97 Å². The maximum absolute atomic E-state index is 10.1. The van der Waals surface area contributed by atoms with Crippen molar-refractivity contribution >= 4 is 11.6 Å². The molecule has 1 aliphatic heterocycles. The zero-order chi connectivity index (χ0) is 13.9. The fourth-order valence-corrected chi connectivity index (χ4v) is 2.27. The quantitative estimate of drug-likeness (QED) is 0.836. The Kier molecular flexibility index (Phi) is 4.09. The second-order valence-electron chi connectivity index (χ2n) is 5.17. The first-order valence-corrected chi connectivity index (χ1v) is 6.67. The van der Waals surface area contributed by atoms with E-state index in [2.05, 4.69) is 22.2 Å². The highest BCUT2D eigenvalue weighted by Gasteiger charge is 2.33. The van der Waals surface area contributed by atoms with Crippen molar-refractivity contribution in [1.29, 1.82) is 0 Å². The summed E-state index contributed by atoms with van der Waals surface area (Å²) in [6.07, 6.45) is 3.28. The van der Waals surface area contributed by atoms with Gasteiger partial charge in [-0.1, -0.05) is 6.92 Å². The van der Waals surface area contributed by atoms with E-state index in [0.717, 1.165) is 31.7 Å². The number of nitrogens with one attached hydrogen (secondary N) is 1. The van der Waals surface area contributed by atoms with Gasteiger partial charge in [0, 0.05) is 19.6 Å². The van der Waals surface area contributed by atoms with E-state index in [1.165, 1.54) is 6.33 Å². The molecule has 0 aromatic carbocycles. The summed E-state index contributed by atoms with van der Waals surface area (Å²) >= 11 is 0. The van der Waals surface area contributed by atoms with Gasteiger partial charge >= 0.3 is 0 Å². The minimum Gasteiger partial charge on any atom is -0.490 e. The van der Waals surface area contributed by atoms with Gasteiger partial charge in [0.25, 0.3) is 0 Å². The number of β-amino-alcohol motifs (C(OH)–C–C–N with tert-alkyl or cyclic N) is 1. The summed E-state index contributed by atoms with van der Waals surface area (Å²) in [4.78, 5) is 10.6. The third-order valence-electron chi connectivity index (χ3n) is 3.28. The summed E-state index contributed by atoms with van der Waals surface area (Å²) in [5.41, 5.74) is -0.660. The van der Waals surface area contributed by atoms with Crippen LogP contribution in [0.3, 0.4) is 0 Å². The van der Waals surface area contributed by atoms with Crippen molar-refractivity contribution in [2.45, 2.75) is 32.3 Å². The average Bonchev–Trinajstić information content (AvgIpc) is 2.76. The van der Waals surface area contributed by atoms with E-state index in [-0.39, 0.29) is 0 Å². The molecule has 1 aromatic heterocycles. The first-order chi connectivity index (χ1) is 9.07. The zero-order valence-corrected chi connectivity index (χ0v) is 11.8. The number of anilines is 2. The Balaban J connectivity index is 2.25. The molecule has 0 aliphatic carbocycles. The van der Waals surface area contributed by atoms with Gasteiger partial charge in [-0.25, -0.2) is 9.97 Å². The maximum atomic E-state index is 10.1. The zero-order valence-electron chi connectivity index (χ0n) is 11.8. The number of nitrogens with zero attached hydrogens (tertiary/aromatic N) is 3. The van der Waals surface area contributed by atoms with Gasteiger partial charge in [0.15, 0.2) is 11.6 Å². The lowest BCUT2D eigenvalue weighted by Crippen LogP contribution is -2.30. The number of aliphatic hydroxyl groups is 1. The van der Waals surface area contributed by atoms with Gasteiger partial charge in [-0.15, -0.1) is 0 Å². The van der Waals surface area contributed by atoms with Crippen molar-refractivity contribution < 1.29 is 9.84 Å². The lowest BCUT2D eigenvalue weighted by Gasteiger charge is -2.22. The molecule has 2 rings (SSSR count). The van der Waals surface area contributed by atoms with E-state index in [4.69, 9.17) is 4.74 Å². The Hall–Kier alpha value is -1.56. The second kappa shape index (κ2) is 5.61. The summed E-state index contributed by atoms with van der Waals surface area (Å²) in [7, 11) is 1.62. The summed E-state index contributed by atoms with van der Waals surface area (Å²) < 4.78 is 5.44. The van der Waals surface area contributed by atoms with E-state index in [1.54, 1.807) is 7.11 Å². The molecule has 1 atom stereocenters. The predicted molar refractivity (Wildman–Crippen MR) is 74.8 cm³/mol. The van der Waals surface area contributed by atoms with Crippen LogP contribution in [0, 0.1) is 0 Å². The highest BCUT2D eigenvalue weighted by atomic mass is 16.5. The third-order valence-corrected chi connectivity index (χ3v) is 3.28. The largest absolute Gasteiger partial charge is 0.490 e. The molecule has 1 fully saturated rings. The van der Waals surface area contributed by atoms with Gasteiger partial charge in [0.2, 0.25) is 5.75 Å². The lowest BCUT2D eigenvalue weighted by molar-refractivity contribution is 0.0838. The monoisotopic (exact) mass is 266 g/mol. The van der Waals surface area contributed by atoms with Gasteiger partial charge in [-0.05, 0) is 19.8 Å². The molecule has 0 spiro atoms. The van der Waals surface area contributed by atoms with Crippen LogP contribution in [0.5, 0.6) is 5.75 Å². The Labute approximate surface area is 113 Å². The molecule has 0 bridgehead atoms. The molecule has 2 heterocycles. The standard InChI is InChI=1S/C13H22N4O2/c1-4-6-14-11-10(19-3)12(16-9-15-11)17-7-5-13(2,18)8-17/h9,18H,4-8H2,1-3H3,(H,14,15,16). The normalized spacial score (nSPS) is 22.6. The molecule has 1 aliphatic rings. The van der Waals surface area contributed by atoms with Crippen molar-refractivity contribution in [2.24, 2.45) is 0 Å². The summed E-state index contributed by atoms with van der Waals surface area (Å²) in [6.45, 7) is 6.11. The summed E-state index contributed by atoms with van der Waals surface area (Å²) in [5.74, 6) is 2.10. The van der Waals surface area contributed by atoms with Crippen molar-refractivity contribution in [3.05, 3.63) is 6.33 Å². The third kappa shape index (κ3) is 3.07. The minimum atomic E-state index is -0.660. The minimum absolute atomic E-state index is 0.563. The topological polar surface area (TPSA) is 70.5 Å². The van der Waals surface area contributed by atoms with Crippen molar-refractivity contribution in [2.75, 3.05) is 37.0 Å². The van der Waals surface area contributed by atoms with E-state index >= 15 is 0 Å². The van der Waals surface area contributed by atoms with Crippen LogP contribution in [0.4, 0.5) is 11.6 Å². The molecule has 106 valence electrons. The molecular weight excluding hydrogens is 244 g/mol. The van der Waals surface area contributed by atoms with Gasteiger partial charge in [-0.2, -0.15) is 0 Å². The molecular formula is C13H22N4O2. The van der Waals surface area contributed by atoms with Gasteiger partial charge in [0.05, 0.1) is 12.7 Å². The molecule has 0 saturated carbocycles. The molecule has 1 aromatic rings. The highest BCUT2D eigenvalue weighted by Crippen LogP contribution is 2.35. The summed E-state index contributed by atoms with van der Waals surface area (Å²) in [5, 5.41) is 13.3. The van der Waals surface area contributed by atoms with Crippen molar-refractivity contribution in [3.8, 4) is 5.75 Å². The molecule has 6 heteroatoms. The molecule has 1 unspecified atom stereocenters. The number of hydrogen-bond donors (Lipinski definition) is 2. The van der Waals surface area contributed by atoms with Crippen LogP contribution in [0.2, 0.25) is 0 Å². The number of ether oxygens (including phenoxy) is 1. The smallest absolute Gasteiger partial charge is 0.204 e. The molecule has 1 saturated heterocycles. The van der Waals surface area contributed by atoms with E-state index < -0.39 is 5.60 Å². The molecule has 6 nitrogen and oxygen atoms in total. The first kappa shape index (κ1) is 13.9. The van der Waals surface area contributed by atoms with Gasteiger partial charge < -0.3 is 20.1 Å². The Bertz CT molecular complexity index is 437. The maximum Gasteiger partial charge on any atom is 0.204 e. The summed E-state index contributed by atoms with van der Waals surface area (Å²) in [6, 6.07) is 0. The average molecular weight is 266 g/mol. The molecule has 0 amide bonds. The van der Waals surface area contributed by atoms with Crippen LogP contribution in [-0.2, 0) is 0 Å². The Morgan fingerprint density at radius 3 is 2.89 bits per heavy atom. The fraction of sp³-hybridized carbons (Fsp3) is 0.692. The number of rotatable bonds is 5. The van der Waals surface area contributed by atoms with Gasteiger partial charge in [-0.3, -0.25) is 0 Å². The van der Waals surface area contributed by atoms with Crippen LogP contribution in [0.15, 0.2) is 6.33 Å². The van der Waals surface area contributed by atoms with Gasteiger partial charge in [0.1, 0.15) is 6.33 Å². The van der Waals surface area contributed by atoms with E-state index in [9.17, 15) is 5.11 Å². The first-order valence-electron chi connectivity index (χ1n) is 6.67. The van der Waals surface area contributed by atoms with Crippen LogP contribution >= 0.6 is 0 Å². The van der Waals surface area contributed by atoms with Crippen LogP contribution < -0.4 is 15.0 Å². The Morgan fingerprint density at radius 1 is 1.53 bits per heavy atom. The molecule has 0 radical (unpaired) electrons. The number of aromatic nitrogens is 2. The second-order valence-corrected chi connectivity index (χ2v) is 5.17. The highest BCUT2D eigenvalue weighted by molar-refractivity contribution is 5.65.